The fraction of sp³-hybridized carbons (Fsp3) is 0.556. The van der Waals surface area contributed by atoms with Crippen LogP contribution in [0.1, 0.15) is 36.8 Å². The molecule has 32 heavy (non-hydrogen) atoms. The Balaban J connectivity index is 0.000000584. The number of halogens is 1. The van der Waals surface area contributed by atoms with Gasteiger partial charge in [0.15, 0.2) is 0 Å². The molecule has 0 radical (unpaired) electrons. The van der Waals surface area contributed by atoms with Crippen molar-refractivity contribution in [2.24, 2.45) is 0 Å². The average molecular weight is 510 g/mol. The molecule has 0 heterocycles. The standard InChI is InChI=1S/C14H24NO.C13H21NO.BrH/c1-15(2,3)12-6-5-7-13-8-10-14(16-4)11-9-13;1-14(2)11-5-4-6-12-7-9-13(15-3)10-8-12;/h8-11H,5-7,12H2,1-4H3;7-10H,4-6,11H2,1-3H3;1H/q+1;;/p-1. The molecule has 0 aliphatic carbocycles. The van der Waals surface area contributed by atoms with E-state index in [1.54, 1.807) is 14.2 Å². The summed E-state index contributed by atoms with van der Waals surface area (Å²) in [5.74, 6) is 1.88. The van der Waals surface area contributed by atoms with E-state index in [4.69, 9.17) is 9.47 Å². The zero-order valence-electron chi connectivity index (χ0n) is 21.4. The maximum Gasteiger partial charge on any atom is 0.118 e. The van der Waals surface area contributed by atoms with Gasteiger partial charge in [-0.25, -0.2) is 0 Å². The lowest BCUT2D eigenvalue weighted by Crippen LogP contribution is -3.00. The van der Waals surface area contributed by atoms with E-state index in [-0.39, 0.29) is 17.0 Å². The number of benzene rings is 2. The van der Waals surface area contributed by atoms with Crippen molar-refractivity contribution in [2.75, 3.05) is 62.5 Å². The molecule has 182 valence electrons. The Bertz CT molecular complexity index is 695. The molecule has 0 aromatic heterocycles. The summed E-state index contributed by atoms with van der Waals surface area (Å²) in [5.41, 5.74) is 2.80. The Morgan fingerprint density at radius 1 is 0.656 bits per heavy atom. The van der Waals surface area contributed by atoms with Gasteiger partial charge in [-0.3, -0.25) is 0 Å². The van der Waals surface area contributed by atoms with Crippen LogP contribution < -0.4 is 26.5 Å². The molecule has 0 saturated carbocycles. The van der Waals surface area contributed by atoms with Crippen molar-refractivity contribution in [3.05, 3.63) is 59.7 Å². The lowest BCUT2D eigenvalue weighted by molar-refractivity contribution is -0.870. The first-order valence-electron chi connectivity index (χ1n) is 11.4. The van der Waals surface area contributed by atoms with Gasteiger partial charge in [-0.05, 0) is 94.6 Å². The second-order valence-corrected chi connectivity index (χ2v) is 9.43. The molecule has 2 aromatic rings. The number of hydrogen-bond donors (Lipinski definition) is 0. The predicted molar refractivity (Wildman–Crippen MR) is 133 cm³/mol. The van der Waals surface area contributed by atoms with Crippen molar-refractivity contribution < 1.29 is 30.9 Å². The highest BCUT2D eigenvalue weighted by Crippen LogP contribution is 2.14. The minimum Gasteiger partial charge on any atom is -1.00 e. The Hall–Kier alpha value is -1.56. The van der Waals surface area contributed by atoms with E-state index in [2.05, 4.69) is 64.4 Å². The number of quaternary nitrogens is 1. The molecule has 2 aromatic carbocycles. The minimum absolute atomic E-state index is 0. The number of aryl methyl sites for hydroxylation is 2. The van der Waals surface area contributed by atoms with E-state index >= 15 is 0 Å². The van der Waals surface area contributed by atoms with E-state index in [1.807, 2.05) is 24.3 Å². The number of nitrogens with zero attached hydrogens (tertiary/aromatic N) is 2. The van der Waals surface area contributed by atoms with Crippen molar-refractivity contribution in [1.29, 1.82) is 0 Å². The van der Waals surface area contributed by atoms with Gasteiger partial charge < -0.3 is 35.8 Å². The van der Waals surface area contributed by atoms with E-state index < -0.39 is 0 Å². The fourth-order valence-electron chi connectivity index (χ4n) is 3.26. The highest BCUT2D eigenvalue weighted by atomic mass is 79.9. The summed E-state index contributed by atoms with van der Waals surface area (Å²) in [6.45, 7) is 2.42. The number of hydrogen-bond acceptors (Lipinski definition) is 3. The number of unbranched alkanes of at least 4 members (excludes halogenated alkanes) is 2. The Labute approximate surface area is 207 Å². The summed E-state index contributed by atoms with van der Waals surface area (Å²) >= 11 is 0. The molecule has 0 saturated heterocycles. The molecule has 4 nitrogen and oxygen atoms in total. The van der Waals surface area contributed by atoms with Gasteiger partial charge >= 0.3 is 0 Å². The fourth-order valence-corrected chi connectivity index (χ4v) is 3.26. The molecule has 5 heteroatoms. The summed E-state index contributed by atoms with van der Waals surface area (Å²) < 4.78 is 11.3. The van der Waals surface area contributed by atoms with E-state index in [0.29, 0.717) is 0 Å². The molecule has 0 spiro atoms. The molecule has 0 amide bonds. The summed E-state index contributed by atoms with van der Waals surface area (Å²) in [5, 5.41) is 0. The maximum absolute atomic E-state index is 5.14. The molecule has 0 bridgehead atoms. The quantitative estimate of drug-likeness (QED) is 0.324. The van der Waals surface area contributed by atoms with Gasteiger partial charge in [0.05, 0.1) is 41.9 Å². The Morgan fingerprint density at radius 3 is 1.41 bits per heavy atom. The Kier molecular flexibility index (Phi) is 16.2. The summed E-state index contributed by atoms with van der Waals surface area (Å²) in [7, 11) is 14.4. The Morgan fingerprint density at radius 2 is 1.06 bits per heavy atom. The van der Waals surface area contributed by atoms with E-state index in [0.717, 1.165) is 22.4 Å². The molecule has 0 unspecified atom stereocenters. The van der Waals surface area contributed by atoms with Crippen LogP contribution in [0.3, 0.4) is 0 Å². The molecular formula is C27H45BrN2O2. The van der Waals surface area contributed by atoms with Gasteiger partial charge in [-0.1, -0.05) is 24.3 Å². The highest BCUT2D eigenvalue weighted by molar-refractivity contribution is 5.27. The second-order valence-electron chi connectivity index (χ2n) is 9.43. The average Bonchev–Trinajstić information content (AvgIpc) is 2.75. The summed E-state index contributed by atoms with van der Waals surface area (Å²) in [4.78, 5) is 2.23. The summed E-state index contributed by atoms with van der Waals surface area (Å²) in [6.07, 6.45) is 7.41. The van der Waals surface area contributed by atoms with Crippen LogP contribution >= 0.6 is 0 Å². The lowest BCUT2D eigenvalue weighted by atomic mass is 10.1. The smallest absolute Gasteiger partial charge is 0.118 e. The zero-order valence-corrected chi connectivity index (χ0v) is 23.0. The van der Waals surface area contributed by atoms with Crippen molar-refractivity contribution in [1.82, 2.24) is 4.90 Å². The van der Waals surface area contributed by atoms with Gasteiger partial charge in [-0.2, -0.15) is 0 Å². The van der Waals surface area contributed by atoms with Crippen LogP contribution in [-0.2, 0) is 12.8 Å². The SMILES string of the molecule is COc1ccc(CCCCN(C)C)cc1.COc1ccc(CCCC[N+](C)(C)C)cc1.[Br-]. The van der Waals surface area contributed by atoms with E-state index in [9.17, 15) is 0 Å². The summed E-state index contributed by atoms with van der Waals surface area (Å²) in [6, 6.07) is 16.7. The highest BCUT2D eigenvalue weighted by Gasteiger charge is 2.05. The number of ether oxygens (including phenoxy) is 2. The van der Waals surface area contributed by atoms with Crippen molar-refractivity contribution in [3.63, 3.8) is 0 Å². The molecule has 0 aliphatic heterocycles. The zero-order chi connectivity index (χ0) is 23.1. The van der Waals surface area contributed by atoms with Crippen LogP contribution in [0.2, 0.25) is 0 Å². The van der Waals surface area contributed by atoms with Crippen molar-refractivity contribution in [3.8, 4) is 11.5 Å². The predicted octanol–water partition coefficient (Wildman–Crippen LogP) is 2.31. The van der Waals surface area contributed by atoms with Crippen LogP contribution in [-0.4, -0.2) is 71.9 Å². The molecule has 0 atom stereocenters. The minimum atomic E-state index is 0. The number of methoxy groups -OCH3 is 2. The molecule has 0 fully saturated rings. The molecule has 0 N–H and O–H groups in total. The van der Waals surface area contributed by atoms with Crippen LogP contribution in [0.15, 0.2) is 48.5 Å². The van der Waals surface area contributed by atoms with Gasteiger partial charge in [0, 0.05) is 0 Å². The first-order valence-corrected chi connectivity index (χ1v) is 11.4. The van der Waals surface area contributed by atoms with Crippen LogP contribution in [0.5, 0.6) is 11.5 Å². The van der Waals surface area contributed by atoms with Crippen molar-refractivity contribution in [2.45, 2.75) is 38.5 Å². The first-order chi connectivity index (χ1) is 14.7. The molecule has 2 rings (SSSR count). The number of rotatable bonds is 12. The largest absolute Gasteiger partial charge is 1.00 e. The third-order valence-corrected chi connectivity index (χ3v) is 5.18. The first kappa shape index (κ1) is 30.4. The monoisotopic (exact) mass is 508 g/mol. The molecule has 0 aliphatic rings. The third kappa shape index (κ3) is 15.3. The van der Waals surface area contributed by atoms with Crippen LogP contribution in [0.4, 0.5) is 0 Å². The van der Waals surface area contributed by atoms with Gasteiger partial charge in [0.1, 0.15) is 11.5 Å². The lowest BCUT2D eigenvalue weighted by Gasteiger charge is -2.23. The third-order valence-electron chi connectivity index (χ3n) is 5.18. The normalized spacial score (nSPS) is 10.8. The van der Waals surface area contributed by atoms with Gasteiger partial charge in [0.2, 0.25) is 0 Å². The van der Waals surface area contributed by atoms with Gasteiger partial charge in [0.25, 0.3) is 0 Å². The van der Waals surface area contributed by atoms with E-state index in [1.165, 1.54) is 56.3 Å². The van der Waals surface area contributed by atoms with Crippen molar-refractivity contribution >= 4 is 0 Å². The van der Waals surface area contributed by atoms with Crippen LogP contribution in [0.25, 0.3) is 0 Å². The topological polar surface area (TPSA) is 21.7 Å². The maximum atomic E-state index is 5.14. The molecular weight excluding hydrogens is 464 g/mol. The van der Waals surface area contributed by atoms with Gasteiger partial charge in [-0.15, -0.1) is 0 Å². The second kappa shape index (κ2) is 17.0. The van der Waals surface area contributed by atoms with Crippen LogP contribution in [0, 0.1) is 0 Å².